The normalized spacial score (nSPS) is 12.7. The summed E-state index contributed by atoms with van der Waals surface area (Å²) in [6.45, 7) is 3.11. The van der Waals surface area contributed by atoms with Gasteiger partial charge in [-0.3, -0.25) is 9.59 Å². The maximum Gasteiger partial charge on any atom is 0.201 e. The molecule has 36 heavy (non-hydrogen) atoms. The van der Waals surface area contributed by atoms with Crippen molar-refractivity contribution < 1.29 is 24.2 Å². The molecule has 3 aromatic carbocycles. The minimum atomic E-state index is -0.839. The van der Waals surface area contributed by atoms with Gasteiger partial charge in [0, 0.05) is 38.4 Å². The number of carbonyl (C=O) groups is 2. The number of anilines is 1. The van der Waals surface area contributed by atoms with Crippen molar-refractivity contribution in [2.45, 2.75) is 6.54 Å². The number of phenols is 2. The molecule has 1 aliphatic carbocycles. The SMILES string of the molecule is CN(C)CCN(CCN(C)Cc1ccccc1)c1ccc(F)c2c1C(=O)c1c(O)ccc(O)c1C2=O. The van der Waals surface area contributed by atoms with E-state index < -0.39 is 28.9 Å². The monoisotopic (exact) mass is 491 g/mol. The average Bonchev–Trinajstić information content (AvgIpc) is 2.84. The lowest BCUT2D eigenvalue weighted by molar-refractivity contribution is 0.0971. The molecule has 2 N–H and O–H groups in total. The summed E-state index contributed by atoms with van der Waals surface area (Å²) in [7, 11) is 5.88. The van der Waals surface area contributed by atoms with Crippen LogP contribution < -0.4 is 4.90 Å². The predicted octanol–water partition coefficient (Wildman–Crippen LogP) is 3.51. The lowest BCUT2D eigenvalue weighted by atomic mass is 9.81. The first-order chi connectivity index (χ1) is 17.2. The Bertz CT molecular complexity index is 1290. The summed E-state index contributed by atoms with van der Waals surface area (Å²) < 4.78 is 15.0. The number of hydrogen-bond acceptors (Lipinski definition) is 7. The van der Waals surface area contributed by atoms with E-state index in [9.17, 15) is 24.2 Å². The summed E-state index contributed by atoms with van der Waals surface area (Å²) in [5.74, 6) is -3.24. The second-order valence-electron chi connectivity index (χ2n) is 9.34. The molecule has 0 bridgehead atoms. The van der Waals surface area contributed by atoms with Gasteiger partial charge in [-0.2, -0.15) is 0 Å². The Hall–Kier alpha value is -3.75. The Morgan fingerprint density at radius 2 is 1.28 bits per heavy atom. The summed E-state index contributed by atoms with van der Waals surface area (Å²) in [6, 6.07) is 15.0. The van der Waals surface area contributed by atoms with E-state index in [0.29, 0.717) is 31.9 Å². The van der Waals surface area contributed by atoms with Crippen molar-refractivity contribution in [2.75, 3.05) is 52.2 Å². The first-order valence-corrected chi connectivity index (χ1v) is 11.8. The Labute approximate surface area is 210 Å². The van der Waals surface area contributed by atoms with Gasteiger partial charge in [-0.25, -0.2) is 4.39 Å². The maximum absolute atomic E-state index is 15.0. The van der Waals surface area contributed by atoms with E-state index in [1.807, 2.05) is 49.1 Å². The second-order valence-corrected chi connectivity index (χ2v) is 9.34. The number of hydrogen-bond donors (Lipinski definition) is 2. The smallest absolute Gasteiger partial charge is 0.201 e. The lowest BCUT2D eigenvalue weighted by Crippen LogP contribution is -2.39. The Balaban J connectivity index is 1.71. The molecule has 0 aliphatic heterocycles. The number of aromatic hydroxyl groups is 2. The highest BCUT2D eigenvalue weighted by Crippen LogP contribution is 2.41. The van der Waals surface area contributed by atoms with Crippen molar-refractivity contribution in [1.82, 2.24) is 9.80 Å². The van der Waals surface area contributed by atoms with Crippen LogP contribution in [0, 0.1) is 5.82 Å². The van der Waals surface area contributed by atoms with Crippen LogP contribution in [0.2, 0.25) is 0 Å². The molecule has 0 spiro atoms. The van der Waals surface area contributed by atoms with Gasteiger partial charge < -0.3 is 24.9 Å². The van der Waals surface area contributed by atoms with Gasteiger partial charge in [-0.1, -0.05) is 30.3 Å². The highest BCUT2D eigenvalue weighted by atomic mass is 19.1. The van der Waals surface area contributed by atoms with E-state index in [1.165, 1.54) is 17.7 Å². The fraction of sp³-hybridized carbons (Fsp3) is 0.286. The molecule has 8 heteroatoms. The van der Waals surface area contributed by atoms with Crippen LogP contribution in [0.1, 0.15) is 37.4 Å². The van der Waals surface area contributed by atoms with Crippen molar-refractivity contribution in [1.29, 1.82) is 0 Å². The Morgan fingerprint density at radius 3 is 1.89 bits per heavy atom. The van der Waals surface area contributed by atoms with E-state index in [-0.39, 0.29) is 22.3 Å². The summed E-state index contributed by atoms with van der Waals surface area (Å²) >= 11 is 0. The third kappa shape index (κ3) is 4.96. The van der Waals surface area contributed by atoms with E-state index in [2.05, 4.69) is 17.0 Å². The van der Waals surface area contributed by atoms with Crippen molar-refractivity contribution in [3.05, 3.63) is 88.2 Å². The van der Waals surface area contributed by atoms with Gasteiger partial charge >= 0.3 is 0 Å². The fourth-order valence-corrected chi connectivity index (χ4v) is 4.51. The fourth-order valence-electron chi connectivity index (χ4n) is 4.51. The van der Waals surface area contributed by atoms with Gasteiger partial charge in [-0.05, 0) is 51.0 Å². The van der Waals surface area contributed by atoms with Gasteiger partial charge in [-0.15, -0.1) is 0 Å². The number of benzene rings is 3. The summed E-state index contributed by atoms with van der Waals surface area (Å²) in [5, 5.41) is 20.6. The van der Waals surface area contributed by atoms with Crippen molar-refractivity contribution >= 4 is 17.3 Å². The lowest BCUT2D eigenvalue weighted by Gasteiger charge is -2.32. The number of ketones is 2. The minimum Gasteiger partial charge on any atom is -0.507 e. The van der Waals surface area contributed by atoms with Gasteiger partial charge in [0.05, 0.1) is 22.3 Å². The molecule has 0 amide bonds. The standard InChI is InChI=1S/C28H30FN3O4/c1-30(2)13-15-32(16-14-31(3)17-18-7-5-4-6-8-18)20-10-9-19(29)23-24(20)28(36)26-22(34)12-11-21(33)25(26)27(23)35/h4-12,33-34H,13-17H2,1-3H3. The van der Waals surface area contributed by atoms with Crippen molar-refractivity contribution in [2.24, 2.45) is 0 Å². The van der Waals surface area contributed by atoms with E-state index in [0.717, 1.165) is 18.7 Å². The zero-order valence-electron chi connectivity index (χ0n) is 20.7. The third-order valence-electron chi connectivity index (χ3n) is 6.41. The summed E-state index contributed by atoms with van der Waals surface area (Å²) in [4.78, 5) is 33.0. The first kappa shape index (κ1) is 25.3. The molecule has 0 aromatic heterocycles. The molecule has 1 aliphatic rings. The Kier molecular flexibility index (Phi) is 7.37. The zero-order chi connectivity index (χ0) is 26.0. The maximum atomic E-state index is 15.0. The molecule has 0 saturated heterocycles. The third-order valence-corrected chi connectivity index (χ3v) is 6.41. The molecule has 0 heterocycles. The summed E-state index contributed by atoms with van der Waals surface area (Å²) in [5.41, 5.74) is 0.468. The largest absolute Gasteiger partial charge is 0.507 e. The molecule has 4 rings (SSSR count). The number of fused-ring (bicyclic) bond motifs is 2. The van der Waals surface area contributed by atoms with E-state index in [4.69, 9.17) is 0 Å². The molecular formula is C28H30FN3O4. The number of carbonyl (C=O) groups excluding carboxylic acids is 2. The highest BCUT2D eigenvalue weighted by molar-refractivity contribution is 6.32. The van der Waals surface area contributed by atoms with Crippen LogP contribution in [-0.4, -0.2) is 78.9 Å². The number of likely N-dealkylation sites (N-methyl/N-ethyl adjacent to an activating group) is 2. The van der Waals surface area contributed by atoms with Crippen LogP contribution in [0.4, 0.5) is 10.1 Å². The van der Waals surface area contributed by atoms with Crippen LogP contribution in [-0.2, 0) is 6.54 Å². The zero-order valence-corrected chi connectivity index (χ0v) is 20.7. The van der Waals surface area contributed by atoms with Crippen LogP contribution in [0.3, 0.4) is 0 Å². The summed E-state index contributed by atoms with van der Waals surface area (Å²) in [6.07, 6.45) is 0. The molecule has 7 nitrogen and oxygen atoms in total. The van der Waals surface area contributed by atoms with Crippen LogP contribution in [0.5, 0.6) is 11.5 Å². The molecule has 188 valence electrons. The van der Waals surface area contributed by atoms with Crippen molar-refractivity contribution in [3.63, 3.8) is 0 Å². The molecule has 0 saturated carbocycles. The van der Waals surface area contributed by atoms with Gasteiger partial charge in [0.2, 0.25) is 11.6 Å². The molecule has 3 aromatic rings. The molecule has 0 radical (unpaired) electrons. The molecule has 0 fully saturated rings. The van der Waals surface area contributed by atoms with Crippen LogP contribution >= 0.6 is 0 Å². The number of halogens is 1. The number of nitrogens with zero attached hydrogens (tertiary/aromatic N) is 3. The minimum absolute atomic E-state index is 0.0853. The number of phenolic OH excluding ortho intramolecular Hbond substituents is 2. The van der Waals surface area contributed by atoms with Crippen LogP contribution in [0.15, 0.2) is 54.6 Å². The topological polar surface area (TPSA) is 84.3 Å². The van der Waals surface area contributed by atoms with Crippen molar-refractivity contribution in [3.8, 4) is 11.5 Å². The van der Waals surface area contributed by atoms with Gasteiger partial charge in [0.15, 0.2) is 0 Å². The molecular weight excluding hydrogens is 461 g/mol. The van der Waals surface area contributed by atoms with E-state index >= 15 is 0 Å². The predicted molar refractivity (Wildman–Crippen MR) is 137 cm³/mol. The first-order valence-electron chi connectivity index (χ1n) is 11.8. The van der Waals surface area contributed by atoms with Gasteiger partial charge in [0.25, 0.3) is 0 Å². The molecule has 0 atom stereocenters. The average molecular weight is 492 g/mol. The molecule has 0 unspecified atom stereocenters. The quantitative estimate of drug-likeness (QED) is 0.347. The van der Waals surface area contributed by atoms with Crippen LogP contribution in [0.25, 0.3) is 0 Å². The highest BCUT2D eigenvalue weighted by Gasteiger charge is 2.39. The van der Waals surface area contributed by atoms with Gasteiger partial charge in [0.1, 0.15) is 17.3 Å². The second kappa shape index (κ2) is 10.5. The van der Waals surface area contributed by atoms with E-state index in [1.54, 1.807) is 0 Å². The number of rotatable bonds is 9. The Morgan fingerprint density at radius 1 is 0.694 bits per heavy atom.